The van der Waals surface area contributed by atoms with Gasteiger partial charge >= 0.3 is 5.69 Å². The van der Waals surface area contributed by atoms with Gasteiger partial charge in [0.25, 0.3) is 5.88 Å². The Hall–Kier alpha value is -2.87. The molecule has 2 N–H and O–H groups in total. The SMILES string of the molecule is Cc1cnc(Oc2ccc(N)cc2OCCN(C)C)c([N+](=O)[O-])c1. The summed E-state index contributed by atoms with van der Waals surface area (Å²) in [5.41, 5.74) is 6.76. The molecule has 8 heteroatoms. The highest BCUT2D eigenvalue weighted by Crippen LogP contribution is 2.36. The van der Waals surface area contributed by atoms with Gasteiger partial charge in [0.15, 0.2) is 11.5 Å². The molecule has 0 bridgehead atoms. The number of nitro groups is 1. The maximum absolute atomic E-state index is 11.2. The normalized spacial score (nSPS) is 10.7. The number of nitrogens with zero attached hydrogens (tertiary/aromatic N) is 3. The van der Waals surface area contributed by atoms with Crippen molar-refractivity contribution in [2.24, 2.45) is 0 Å². The Morgan fingerprint density at radius 1 is 1.29 bits per heavy atom. The average Bonchev–Trinajstić information content (AvgIpc) is 2.50. The van der Waals surface area contributed by atoms with E-state index in [0.717, 1.165) is 0 Å². The lowest BCUT2D eigenvalue weighted by atomic mass is 10.2. The number of ether oxygens (including phenoxy) is 2. The van der Waals surface area contributed by atoms with E-state index in [1.807, 2.05) is 19.0 Å². The number of benzene rings is 1. The molecule has 8 nitrogen and oxygen atoms in total. The number of hydrogen-bond acceptors (Lipinski definition) is 7. The smallest absolute Gasteiger partial charge is 0.331 e. The lowest BCUT2D eigenvalue weighted by Gasteiger charge is -2.14. The number of pyridine rings is 1. The predicted octanol–water partition coefficient (Wildman–Crippen LogP) is 2.61. The Kier molecular flexibility index (Phi) is 5.54. The number of aryl methyl sites for hydroxylation is 1. The monoisotopic (exact) mass is 332 g/mol. The van der Waals surface area contributed by atoms with Crippen LogP contribution in [0.15, 0.2) is 30.5 Å². The van der Waals surface area contributed by atoms with Crippen LogP contribution < -0.4 is 15.2 Å². The molecule has 1 aromatic carbocycles. The number of hydrogen-bond donors (Lipinski definition) is 1. The molecule has 128 valence electrons. The van der Waals surface area contributed by atoms with Crippen LogP contribution in [-0.4, -0.2) is 42.1 Å². The summed E-state index contributed by atoms with van der Waals surface area (Å²) in [5, 5.41) is 11.2. The van der Waals surface area contributed by atoms with Crippen LogP contribution >= 0.6 is 0 Å². The molecule has 24 heavy (non-hydrogen) atoms. The van der Waals surface area contributed by atoms with Gasteiger partial charge in [0, 0.05) is 30.6 Å². The molecule has 0 saturated carbocycles. The largest absolute Gasteiger partial charge is 0.488 e. The molecule has 0 aliphatic rings. The molecule has 0 unspecified atom stereocenters. The molecular weight excluding hydrogens is 312 g/mol. The standard InChI is InChI=1S/C16H20N4O4/c1-11-8-13(20(21)22)16(18-10-11)24-14-5-4-12(17)9-15(14)23-7-6-19(2)3/h4-5,8-10H,6-7,17H2,1-3H3. The van der Waals surface area contributed by atoms with Gasteiger partial charge in [0.05, 0.1) is 4.92 Å². The Morgan fingerprint density at radius 3 is 2.71 bits per heavy atom. The molecule has 1 heterocycles. The van der Waals surface area contributed by atoms with Crippen molar-refractivity contribution < 1.29 is 14.4 Å². The molecule has 0 amide bonds. The van der Waals surface area contributed by atoms with E-state index < -0.39 is 4.92 Å². The second kappa shape index (κ2) is 7.60. The van der Waals surface area contributed by atoms with E-state index in [0.29, 0.717) is 35.9 Å². The van der Waals surface area contributed by atoms with E-state index in [2.05, 4.69) is 4.98 Å². The molecule has 0 fully saturated rings. The molecule has 0 saturated heterocycles. The summed E-state index contributed by atoms with van der Waals surface area (Å²) in [6, 6.07) is 6.26. The minimum absolute atomic E-state index is 0.0900. The average molecular weight is 332 g/mol. The molecule has 1 aromatic heterocycles. The van der Waals surface area contributed by atoms with Crippen molar-refractivity contribution in [3.63, 3.8) is 0 Å². The number of rotatable bonds is 7. The molecule has 0 aliphatic heterocycles. The van der Waals surface area contributed by atoms with Gasteiger partial charge in [0.1, 0.15) is 6.61 Å². The second-order valence-corrected chi connectivity index (χ2v) is 5.55. The zero-order valence-corrected chi connectivity index (χ0v) is 13.9. The fourth-order valence-electron chi connectivity index (χ4n) is 1.91. The van der Waals surface area contributed by atoms with Gasteiger partial charge in [0.2, 0.25) is 0 Å². The minimum atomic E-state index is -0.529. The molecule has 0 aliphatic carbocycles. The van der Waals surface area contributed by atoms with Crippen LogP contribution in [0, 0.1) is 17.0 Å². The van der Waals surface area contributed by atoms with Gasteiger partial charge in [-0.3, -0.25) is 10.1 Å². The lowest BCUT2D eigenvalue weighted by molar-refractivity contribution is -0.386. The number of aromatic nitrogens is 1. The summed E-state index contributed by atoms with van der Waals surface area (Å²) in [7, 11) is 3.86. The highest BCUT2D eigenvalue weighted by molar-refractivity contribution is 5.54. The lowest BCUT2D eigenvalue weighted by Crippen LogP contribution is -2.19. The summed E-state index contributed by atoms with van der Waals surface area (Å²) in [6.07, 6.45) is 1.51. The molecule has 0 radical (unpaired) electrons. The van der Waals surface area contributed by atoms with Crippen molar-refractivity contribution in [1.29, 1.82) is 0 Å². The fourth-order valence-corrected chi connectivity index (χ4v) is 1.91. The summed E-state index contributed by atoms with van der Waals surface area (Å²) >= 11 is 0. The number of likely N-dealkylation sites (N-methyl/N-ethyl adjacent to an activating group) is 1. The van der Waals surface area contributed by atoms with Crippen LogP contribution in [0.5, 0.6) is 17.4 Å². The molecule has 0 atom stereocenters. The van der Waals surface area contributed by atoms with E-state index in [1.165, 1.54) is 12.3 Å². The van der Waals surface area contributed by atoms with E-state index in [4.69, 9.17) is 15.2 Å². The van der Waals surface area contributed by atoms with E-state index >= 15 is 0 Å². The summed E-state index contributed by atoms with van der Waals surface area (Å²) in [5.74, 6) is 0.642. The van der Waals surface area contributed by atoms with Gasteiger partial charge in [-0.15, -0.1) is 0 Å². The van der Waals surface area contributed by atoms with E-state index in [-0.39, 0.29) is 11.6 Å². The second-order valence-electron chi connectivity index (χ2n) is 5.55. The maximum atomic E-state index is 11.2. The van der Waals surface area contributed by atoms with Crippen LogP contribution in [0.3, 0.4) is 0 Å². The Bertz CT molecular complexity index is 734. The highest BCUT2D eigenvalue weighted by atomic mass is 16.6. The third-order valence-corrected chi connectivity index (χ3v) is 3.14. The van der Waals surface area contributed by atoms with Crippen molar-refractivity contribution in [3.05, 3.63) is 46.1 Å². The van der Waals surface area contributed by atoms with Crippen LogP contribution in [-0.2, 0) is 0 Å². The first kappa shape index (κ1) is 17.5. The molecular formula is C16H20N4O4. The Labute approximate surface area is 140 Å². The topological polar surface area (TPSA) is 104 Å². The number of anilines is 1. The number of nitrogens with two attached hydrogens (primary N) is 1. The Balaban J connectivity index is 2.28. The van der Waals surface area contributed by atoms with Gasteiger partial charge < -0.3 is 20.1 Å². The quantitative estimate of drug-likeness (QED) is 0.472. The van der Waals surface area contributed by atoms with Crippen molar-refractivity contribution in [3.8, 4) is 17.4 Å². The summed E-state index contributed by atoms with van der Waals surface area (Å²) < 4.78 is 11.3. The zero-order chi connectivity index (χ0) is 17.7. The molecule has 2 rings (SSSR count). The summed E-state index contributed by atoms with van der Waals surface area (Å²) in [4.78, 5) is 16.6. The molecule has 0 spiro atoms. The van der Waals surface area contributed by atoms with Gasteiger partial charge in [-0.1, -0.05) is 0 Å². The maximum Gasteiger partial charge on any atom is 0.331 e. The van der Waals surface area contributed by atoms with Crippen LogP contribution in [0.25, 0.3) is 0 Å². The first-order chi connectivity index (χ1) is 11.4. The fraction of sp³-hybridized carbons (Fsp3) is 0.312. The van der Waals surface area contributed by atoms with Crippen LogP contribution in [0.2, 0.25) is 0 Å². The van der Waals surface area contributed by atoms with Crippen LogP contribution in [0.1, 0.15) is 5.56 Å². The van der Waals surface area contributed by atoms with Crippen molar-refractivity contribution in [1.82, 2.24) is 9.88 Å². The molecule has 2 aromatic rings. The third-order valence-electron chi connectivity index (χ3n) is 3.14. The van der Waals surface area contributed by atoms with Gasteiger partial charge in [-0.2, -0.15) is 0 Å². The Morgan fingerprint density at radius 2 is 2.04 bits per heavy atom. The summed E-state index contributed by atoms with van der Waals surface area (Å²) in [6.45, 7) is 2.86. The third kappa shape index (κ3) is 4.56. The van der Waals surface area contributed by atoms with Crippen LogP contribution in [0.4, 0.5) is 11.4 Å². The van der Waals surface area contributed by atoms with Crippen molar-refractivity contribution in [2.75, 3.05) is 33.0 Å². The zero-order valence-electron chi connectivity index (χ0n) is 13.9. The first-order valence-electron chi connectivity index (χ1n) is 7.32. The predicted molar refractivity (Wildman–Crippen MR) is 90.6 cm³/mol. The van der Waals surface area contributed by atoms with E-state index in [9.17, 15) is 10.1 Å². The van der Waals surface area contributed by atoms with E-state index in [1.54, 1.807) is 25.1 Å². The first-order valence-corrected chi connectivity index (χ1v) is 7.32. The minimum Gasteiger partial charge on any atom is -0.488 e. The number of nitrogen functional groups attached to an aromatic ring is 1. The van der Waals surface area contributed by atoms with Crippen molar-refractivity contribution in [2.45, 2.75) is 6.92 Å². The highest BCUT2D eigenvalue weighted by Gasteiger charge is 2.19. The van der Waals surface area contributed by atoms with Crippen molar-refractivity contribution >= 4 is 11.4 Å². The van der Waals surface area contributed by atoms with Gasteiger partial charge in [-0.25, -0.2) is 4.98 Å². The van der Waals surface area contributed by atoms with Gasteiger partial charge in [-0.05, 0) is 38.7 Å².